The van der Waals surface area contributed by atoms with Crippen LogP contribution >= 0.6 is 0 Å². The van der Waals surface area contributed by atoms with Crippen molar-refractivity contribution in [3.8, 4) is 22.7 Å². The minimum atomic E-state index is -1.14. The summed E-state index contributed by atoms with van der Waals surface area (Å²) in [6, 6.07) is 7.78. The lowest BCUT2D eigenvalue weighted by atomic mass is 10.0. The van der Waals surface area contributed by atoms with Crippen LogP contribution in [0.5, 0.6) is 0 Å². The normalized spacial score (nSPS) is 12.3. The highest BCUT2D eigenvalue weighted by Gasteiger charge is 2.26. The summed E-state index contributed by atoms with van der Waals surface area (Å²) in [5.74, 6) is -2.67. The zero-order chi connectivity index (χ0) is 32.6. The zero-order valence-electron chi connectivity index (χ0n) is 26.5. The molecule has 0 saturated heterocycles. The Morgan fingerprint density at radius 2 is 1.70 bits per heavy atom. The van der Waals surface area contributed by atoms with Crippen LogP contribution in [0.2, 0.25) is 0 Å². The number of carboxylic acids is 1. The first-order valence-electron chi connectivity index (χ1n) is 14.9. The van der Waals surface area contributed by atoms with Gasteiger partial charge in [-0.2, -0.15) is 5.10 Å². The summed E-state index contributed by atoms with van der Waals surface area (Å²) >= 11 is 0. The van der Waals surface area contributed by atoms with Gasteiger partial charge in [0, 0.05) is 30.1 Å². The number of benzene rings is 1. The van der Waals surface area contributed by atoms with Gasteiger partial charge >= 0.3 is 11.9 Å². The van der Waals surface area contributed by atoms with E-state index in [-0.39, 0.29) is 41.9 Å². The van der Waals surface area contributed by atoms with Crippen molar-refractivity contribution < 1.29 is 33.4 Å². The lowest BCUT2D eigenvalue weighted by Crippen LogP contribution is -2.44. The SMILES string of the molecule is CCC(CC)NC(=O)c1cc(-c2cccc(-c3ncc(C(=O)NC(C(=O)O)C(C)C)o3)c2)nn1CCCC(=O)OC(C)(C)C. The Morgan fingerprint density at radius 1 is 1.02 bits per heavy atom. The molecular weight excluding hydrogens is 566 g/mol. The second kappa shape index (κ2) is 14.8. The van der Waals surface area contributed by atoms with Crippen LogP contribution in [0, 0.1) is 5.92 Å². The van der Waals surface area contributed by atoms with E-state index >= 15 is 0 Å². The number of nitrogens with one attached hydrogen (secondary N) is 2. The molecule has 238 valence electrons. The quantitative estimate of drug-likeness (QED) is 0.211. The lowest BCUT2D eigenvalue weighted by Gasteiger charge is -2.19. The molecule has 0 spiro atoms. The third-order valence-electron chi connectivity index (χ3n) is 6.86. The summed E-state index contributed by atoms with van der Waals surface area (Å²) in [6.07, 6.45) is 3.43. The third-order valence-corrected chi connectivity index (χ3v) is 6.86. The topological polar surface area (TPSA) is 166 Å². The monoisotopic (exact) mass is 609 g/mol. The van der Waals surface area contributed by atoms with E-state index in [0.717, 1.165) is 12.8 Å². The van der Waals surface area contributed by atoms with E-state index in [1.165, 1.54) is 6.20 Å². The molecule has 1 atom stereocenters. The fourth-order valence-corrected chi connectivity index (χ4v) is 4.48. The number of carbonyl (C=O) groups is 4. The molecule has 0 aliphatic heterocycles. The van der Waals surface area contributed by atoms with Crippen LogP contribution in [0.3, 0.4) is 0 Å². The molecule has 0 saturated carbocycles. The molecule has 0 aliphatic rings. The number of aromatic nitrogens is 3. The third kappa shape index (κ3) is 9.26. The van der Waals surface area contributed by atoms with Crippen LogP contribution in [0.4, 0.5) is 0 Å². The average Bonchev–Trinajstić information content (AvgIpc) is 3.61. The molecule has 2 aromatic heterocycles. The number of amides is 2. The number of aryl methyl sites for hydroxylation is 1. The maximum Gasteiger partial charge on any atom is 0.326 e. The van der Waals surface area contributed by atoms with Gasteiger partial charge in [-0.1, -0.05) is 39.8 Å². The number of rotatable bonds is 14. The fourth-order valence-electron chi connectivity index (χ4n) is 4.48. The number of aliphatic carboxylic acids is 1. The van der Waals surface area contributed by atoms with Gasteiger partial charge in [-0.05, 0) is 64.2 Å². The number of carboxylic acid groups (broad SMARTS) is 1. The van der Waals surface area contributed by atoms with Gasteiger partial charge in [0.2, 0.25) is 11.7 Å². The van der Waals surface area contributed by atoms with Gasteiger partial charge in [-0.3, -0.25) is 19.1 Å². The van der Waals surface area contributed by atoms with Crippen molar-refractivity contribution in [3.63, 3.8) is 0 Å². The zero-order valence-corrected chi connectivity index (χ0v) is 26.5. The van der Waals surface area contributed by atoms with Crippen LogP contribution in [0.25, 0.3) is 22.7 Å². The Hall–Kier alpha value is -4.48. The van der Waals surface area contributed by atoms with Crippen molar-refractivity contribution in [1.29, 1.82) is 0 Å². The molecule has 0 radical (unpaired) electrons. The van der Waals surface area contributed by atoms with Gasteiger partial charge in [-0.25, -0.2) is 9.78 Å². The van der Waals surface area contributed by atoms with Crippen LogP contribution in [-0.4, -0.2) is 61.3 Å². The van der Waals surface area contributed by atoms with Crippen molar-refractivity contribution in [2.45, 2.75) is 98.4 Å². The Balaban J connectivity index is 1.86. The van der Waals surface area contributed by atoms with Gasteiger partial charge < -0.3 is 24.9 Å². The smallest absolute Gasteiger partial charge is 0.326 e. The standard InChI is InChI=1S/C32H43N5O7/c1-8-22(9-2)34-28(39)24-17-23(36-37(24)15-11-14-26(38)44-32(5,6)7)20-12-10-13-21(16-20)30-33-18-25(43-30)29(40)35-27(19(3)4)31(41)42/h10,12-13,16-19,22,27H,8-9,11,14-15H2,1-7H3,(H,34,39)(H,35,40)(H,41,42). The lowest BCUT2D eigenvalue weighted by molar-refractivity contribution is -0.155. The first-order valence-corrected chi connectivity index (χ1v) is 14.9. The molecule has 1 unspecified atom stereocenters. The maximum atomic E-state index is 13.3. The molecule has 12 nitrogen and oxygen atoms in total. The van der Waals surface area contributed by atoms with Crippen LogP contribution in [0.15, 0.2) is 40.9 Å². The van der Waals surface area contributed by atoms with E-state index in [9.17, 15) is 24.3 Å². The van der Waals surface area contributed by atoms with Crippen molar-refractivity contribution in [2.24, 2.45) is 5.92 Å². The summed E-state index contributed by atoms with van der Waals surface area (Å²) < 4.78 is 12.7. The predicted molar refractivity (Wildman–Crippen MR) is 164 cm³/mol. The summed E-state index contributed by atoms with van der Waals surface area (Å²) in [4.78, 5) is 53.9. The first kappa shape index (κ1) is 34.0. The van der Waals surface area contributed by atoms with E-state index in [2.05, 4.69) is 15.6 Å². The Bertz CT molecular complexity index is 1460. The molecule has 1 aromatic carbocycles. The molecule has 3 aromatic rings. The number of hydrogen-bond donors (Lipinski definition) is 3. The van der Waals surface area contributed by atoms with Crippen molar-refractivity contribution in [2.75, 3.05) is 0 Å². The maximum absolute atomic E-state index is 13.3. The number of ether oxygens (including phenoxy) is 1. The molecule has 12 heteroatoms. The van der Waals surface area contributed by atoms with Crippen molar-refractivity contribution in [1.82, 2.24) is 25.4 Å². The predicted octanol–water partition coefficient (Wildman–Crippen LogP) is 5.08. The summed E-state index contributed by atoms with van der Waals surface area (Å²) in [7, 11) is 0. The van der Waals surface area contributed by atoms with E-state index in [1.54, 1.807) is 42.8 Å². The van der Waals surface area contributed by atoms with E-state index in [0.29, 0.717) is 35.5 Å². The first-order chi connectivity index (χ1) is 20.7. The van der Waals surface area contributed by atoms with E-state index < -0.39 is 23.5 Å². The van der Waals surface area contributed by atoms with Gasteiger partial charge in [0.25, 0.3) is 11.8 Å². The fraction of sp³-hybridized carbons (Fsp3) is 0.500. The molecule has 2 heterocycles. The Morgan fingerprint density at radius 3 is 2.32 bits per heavy atom. The highest BCUT2D eigenvalue weighted by molar-refractivity contribution is 5.95. The van der Waals surface area contributed by atoms with Gasteiger partial charge in [0.15, 0.2) is 0 Å². The second-order valence-electron chi connectivity index (χ2n) is 12.0. The minimum absolute atomic E-state index is 0.0159. The highest BCUT2D eigenvalue weighted by Crippen LogP contribution is 2.27. The van der Waals surface area contributed by atoms with Crippen molar-refractivity contribution >= 4 is 23.8 Å². The average molecular weight is 610 g/mol. The Labute approximate surface area is 257 Å². The Kier molecular flexibility index (Phi) is 11.4. The summed E-state index contributed by atoms with van der Waals surface area (Å²) in [6.45, 7) is 13.2. The molecule has 0 aliphatic carbocycles. The molecular formula is C32H43N5O7. The molecule has 0 fully saturated rings. The number of oxazole rings is 1. The molecule has 3 rings (SSSR count). The van der Waals surface area contributed by atoms with Gasteiger partial charge in [0.1, 0.15) is 17.3 Å². The van der Waals surface area contributed by atoms with Gasteiger partial charge in [0.05, 0.1) is 11.9 Å². The van der Waals surface area contributed by atoms with Crippen LogP contribution < -0.4 is 10.6 Å². The highest BCUT2D eigenvalue weighted by atomic mass is 16.6. The number of hydrogen-bond acceptors (Lipinski definition) is 8. The van der Waals surface area contributed by atoms with E-state index in [1.807, 2.05) is 40.7 Å². The summed E-state index contributed by atoms with van der Waals surface area (Å²) in [5.41, 5.74) is 1.56. The second-order valence-corrected chi connectivity index (χ2v) is 12.0. The molecule has 0 bridgehead atoms. The largest absolute Gasteiger partial charge is 0.480 e. The van der Waals surface area contributed by atoms with Crippen molar-refractivity contribution in [3.05, 3.63) is 48.0 Å². The van der Waals surface area contributed by atoms with Gasteiger partial charge in [-0.15, -0.1) is 0 Å². The summed E-state index contributed by atoms with van der Waals surface area (Å²) in [5, 5.41) is 19.6. The number of carbonyl (C=O) groups excluding carboxylic acids is 3. The van der Waals surface area contributed by atoms with Crippen LogP contribution in [-0.2, 0) is 20.9 Å². The number of esters is 1. The number of nitrogens with zero attached hydrogens (tertiary/aromatic N) is 3. The molecule has 44 heavy (non-hydrogen) atoms. The minimum Gasteiger partial charge on any atom is -0.480 e. The molecule has 3 N–H and O–H groups in total. The van der Waals surface area contributed by atoms with E-state index in [4.69, 9.17) is 14.3 Å². The van der Waals surface area contributed by atoms with Crippen LogP contribution in [0.1, 0.15) is 95.2 Å². The molecule has 2 amide bonds.